The first-order chi connectivity index (χ1) is 14.5. The molecule has 1 atom stereocenters. The molecule has 0 radical (unpaired) electrons. The number of aryl methyl sites for hydroxylation is 2. The summed E-state index contributed by atoms with van der Waals surface area (Å²) < 4.78 is 5.54. The molecule has 1 fully saturated rings. The summed E-state index contributed by atoms with van der Waals surface area (Å²) in [6, 6.07) is 13.0. The van der Waals surface area contributed by atoms with E-state index in [1.807, 2.05) is 36.4 Å². The molecule has 1 aliphatic heterocycles. The first-order valence-corrected chi connectivity index (χ1v) is 10.8. The second-order valence-electron chi connectivity index (χ2n) is 7.26. The molecule has 0 aliphatic carbocycles. The van der Waals surface area contributed by atoms with E-state index in [-0.39, 0.29) is 6.03 Å². The third kappa shape index (κ3) is 5.45. The van der Waals surface area contributed by atoms with E-state index in [1.54, 1.807) is 11.0 Å². The molecule has 160 valence electrons. The van der Waals surface area contributed by atoms with E-state index >= 15 is 0 Å². The van der Waals surface area contributed by atoms with Crippen molar-refractivity contribution >= 4 is 29.4 Å². The van der Waals surface area contributed by atoms with Crippen LogP contribution < -0.4 is 10.6 Å². The van der Waals surface area contributed by atoms with E-state index in [9.17, 15) is 9.59 Å². The monoisotopic (exact) mass is 429 g/mol. The molecule has 1 heterocycles. The van der Waals surface area contributed by atoms with Gasteiger partial charge in [0.1, 0.15) is 0 Å². The van der Waals surface area contributed by atoms with Gasteiger partial charge in [-0.1, -0.05) is 49.7 Å². The summed E-state index contributed by atoms with van der Waals surface area (Å²) in [5.41, 5.74) is 4.01. The highest BCUT2D eigenvalue weighted by molar-refractivity contribution is 6.31. The molecule has 0 saturated carbocycles. The minimum absolute atomic E-state index is 0.272. The summed E-state index contributed by atoms with van der Waals surface area (Å²) in [5, 5.41) is 6.24. The summed E-state index contributed by atoms with van der Waals surface area (Å²) >= 11 is 6.14. The molecule has 3 rings (SSSR count). The average molecular weight is 430 g/mol. The maximum Gasteiger partial charge on any atom is 0.413 e. The van der Waals surface area contributed by atoms with Gasteiger partial charge in [-0.2, -0.15) is 0 Å². The summed E-state index contributed by atoms with van der Waals surface area (Å²) in [6.07, 6.45) is 2.10. The van der Waals surface area contributed by atoms with E-state index < -0.39 is 12.3 Å². The number of urea groups is 1. The number of carbonyl (C=O) groups excluding carboxylic acids is 2. The molecule has 30 heavy (non-hydrogen) atoms. The molecule has 0 aromatic heterocycles. The fraction of sp³-hybridized carbons (Fsp3) is 0.391. The quantitative estimate of drug-likeness (QED) is 0.650. The van der Waals surface area contributed by atoms with Crippen LogP contribution in [0.5, 0.6) is 0 Å². The fourth-order valence-electron chi connectivity index (χ4n) is 3.65. The lowest BCUT2D eigenvalue weighted by Crippen LogP contribution is -2.44. The van der Waals surface area contributed by atoms with E-state index in [1.165, 1.54) is 11.1 Å². The predicted molar refractivity (Wildman–Crippen MR) is 119 cm³/mol. The summed E-state index contributed by atoms with van der Waals surface area (Å²) in [6.45, 7) is 5.06. The number of anilines is 1. The number of amides is 3. The van der Waals surface area contributed by atoms with E-state index in [0.717, 1.165) is 24.8 Å². The first-order valence-electron chi connectivity index (χ1n) is 10.4. The van der Waals surface area contributed by atoms with Crippen LogP contribution in [0.3, 0.4) is 0 Å². The zero-order chi connectivity index (χ0) is 21.5. The molecule has 1 aliphatic rings. The zero-order valence-electron chi connectivity index (χ0n) is 17.4. The van der Waals surface area contributed by atoms with Gasteiger partial charge in [-0.3, -0.25) is 10.2 Å². The number of hydrogen-bond donors (Lipinski definition) is 2. The highest BCUT2D eigenvalue weighted by Gasteiger charge is 2.31. The topological polar surface area (TPSA) is 70.7 Å². The minimum atomic E-state index is -0.586. The maximum atomic E-state index is 12.6. The summed E-state index contributed by atoms with van der Waals surface area (Å²) in [4.78, 5) is 26.5. The van der Waals surface area contributed by atoms with Crippen molar-refractivity contribution in [3.05, 3.63) is 64.2 Å². The van der Waals surface area contributed by atoms with Crippen LogP contribution in [-0.2, 0) is 24.1 Å². The van der Waals surface area contributed by atoms with Gasteiger partial charge in [0.05, 0.1) is 0 Å². The average Bonchev–Trinajstić information content (AvgIpc) is 3.20. The van der Waals surface area contributed by atoms with Gasteiger partial charge in [-0.15, -0.1) is 0 Å². The molecular formula is C23H28ClN3O3. The van der Waals surface area contributed by atoms with Gasteiger partial charge >= 0.3 is 12.1 Å². The van der Waals surface area contributed by atoms with Crippen molar-refractivity contribution in [1.82, 2.24) is 10.2 Å². The van der Waals surface area contributed by atoms with Crippen LogP contribution in [0.25, 0.3) is 0 Å². The molecular weight excluding hydrogens is 402 g/mol. The third-order valence-corrected chi connectivity index (χ3v) is 5.67. The standard InChI is InChI=1S/C23H28ClN3O3/c1-3-16-11-12-19(14-17(16)4-2)26-23(29)30-21-10-7-13-27(21)22(28)25-15-18-8-5-6-9-20(18)24/h5-6,8-9,11-12,14,21H,3-4,7,10,13,15H2,1-2H3,(H,25,28)(H,26,29)/t21-/m0/s1. The Labute approximate surface area is 182 Å². The summed E-state index contributed by atoms with van der Waals surface area (Å²) in [7, 11) is 0. The van der Waals surface area contributed by atoms with Crippen LogP contribution in [0.2, 0.25) is 5.02 Å². The van der Waals surface area contributed by atoms with Crippen molar-refractivity contribution in [3.8, 4) is 0 Å². The zero-order valence-corrected chi connectivity index (χ0v) is 18.2. The van der Waals surface area contributed by atoms with E-state index in [4.69, 9.17) is 16.3 Å². The van der Waals surface area contributed by atoms with Gasteiger partial charge in [0.2, 0.25) is 0 Å². The number of nitrogens with zero attached hydrogens (tertiary/aromatic N) is 1. The second kappa shape index (κ2) is 10.3. The van der Waals surface area contributed by atoms with Gasteiger partial charge in [0.25, 0.3) is 0 Å². The van der Waals surface area contributed by atoms with Crippen LogP contribution in [0.4, 0.5) is 15.3 Å². The lowest BCUT2D eigenvalue weighted by atomic mass is 10.0. The second-order valence-corrected chi connectivity index (χ2v) is 7.67. The molecule has 6 nitrogen and oxygen atoms in total. The van der Waals surface area contributed by atoms with Crippen molar-refractivity contribution in [3.63, 3.8) is 0 Å². The molecule has 0 unspecified atom stereocenters. The number of ether oxygens (including phenoxy) is 1. The van der Waals surface area contributed by atoms with E-state index in [2.05, 4.69) is 24.5 Å². The van der Waals surface area contributed by atoms with Gasteiger partial charge in [0.15, 0.2) is 6.23 Å². The Morgan fingerprint density at radius 2 is 1.87 bits per heavy atom. The normalized spacial score (nSPS) is 15.7. The minimum Gasteiger partial charge on any atom is -0.425 e. The Kier molecular flexibility index (Phi) is 7.57. The largest absolute Gasteiger partial charge is 0.425 e. The molecule has 0 bridgehead atoms. The van der Waals surface area contributed by atoms with Crippen molar-refractivity contribution in [2.24, 2.45) is 0 Å². The molecule has 3 amide bonds. The SMILES string of the molecule is CCc1ccc(NC(=O)O[C@H]2CCCN2C(=O)NCc2ccccc2Cl)cc1CC. The Hall–Kier alpha value is -2.73. The van der Waals surface area contributed by atoms with Crippen LogP contribution in [0.15, 0.2) is 42.5 Å². The Bertz CT molecular complexity index is 903. The number of likely N-dealkylation sites (tertiary alicyclic amines) is 1. The van der Waals surface area contributed by atoms with Crippen LogP contribution in [0, 0.1) is 0 Å². The van der Waals surface area contributed by atoms with Gasteiger partial charge in [-0.05, 0) is 54.2 Å². The van der Waals surface area contributed by atoms with Crippen molar-refractivity contribution in [2.45, 2.75) is 52.3 Å². The highest BCUT2D eigenvalue weighted by atomic mass is 35.5. The Balaban J connectivity index is 1.55. The van der Waals surface area contributed by atoms with Gasteiger partial charge < -0.3 is 10.1 Å². The van der Waals surface area contributed by atoms with Crippen molar-refractivity contribution in [2.75, 3.05) is 11.9 Å². The number of benzene rings is 2. The third-order valence-electron chi connectivity index (χ3n) is 5.30. The number of nitrogens with one attached hydrogen (secondary N) is 2. The van der Waals surface area contributed by atoms with Crippen molar-refractivity contribution < 1.29 is 14.3 Å². The van der Waals surface area contributed by atoms with Gasteiger partial charge in [0, 0.05) is 30.2 Å². The molecule has 2 aromatic rings. The lowest BCUT2D eigenvalue weighted by molar-refractivity contribution is 0.0402. The van der Waals surface area contributed by atoms with Crippen LogP contribution in [0.1, 0.15) is 43.4 Å². The Morgan fingerprint density at radius 1 is 1.10 bits per heavy atom. The predicted octanol–water partition coefficient (Wildman–Crippen LogP) is 5.35. The highest BCUT2D eigenvalue weighted by Crippen LogP contribution is 2.21. The molecule has 2 aromatic carbocycles. The Morgan fingerprint density at radius 3 is 2.60 bits per heavy atom. The van der Waals surface area contributed by atoms with E-state index in [0.29, 0.717) is 30.2 Å². The fourth-order valence-corrected chi connectivity index (χ4v) is 3.86. The lowest BCUT2D eigenvalue weighted by Gasteiger charge is -2.25. The number of hydrogen-bond acceptors (Lipinski definition) is 3. The number of rotatable bonds is 6. The molecule has 1 saturated heterocycles. The molecule has 2 N–H and O–H groups in total. The molecule has 0 spiro atoms. The van der Waals surface area contributed by atoms with Crippen molar-refractivity contribution in [1.29, 1.82) is 0 Å². The summed E-state index contributed by atoms with van der Waals surface area (Å²) in [5.74, 6) is 0. The molecule has 7 heteroatoms. The van der Waals surface area contributed by atoms with Crippen LogP contribution in [-0.4, -0.2) is 29.8 Å². The number of carbonyl (C=O) groups is 2. The smallest absolute Gasteiger partial charge is 0.413 e. The van der Waals surface area contributed by atoms with Crippen LogP contribution >= 0.6 is 11.6 Å². The number of halogens is 1. The van der Waals surface area contributed by atoms with Gasteiger partial charge in [-0.25, -0.2) is 9.59 Å². The first kappa shape index (κ1) is 22.0. The maximum absolute atomic E-state index is 12.6.